The maximum absolute atomic E-state index is 12.4. The summed E-state index contributed by atoms with van der Waals surface area (Å²) in [6.45, 7) is -0.455. The lowest BCUT2D eigenvalue weighted by atomic mass is 10.2. The van der Waals surface area contributed by atoms with Crippen molar-refractivity contribution in [2.75, 3.05) is 31.3 Å². The van der Waals surface area contributed by atoms with Crippen LogP contribution in [0.1, 0.15) is 5.89 Å². The molecule has 0 unspecified atom stereocenters. The van der Waals surface area contributed by atoms with Gasteiger partial charge in [-0.15, -0.1) is 0 Å². The van der Waals surface area contributed by atoms with E-state index in [9.17, 15) is 13.2 Å². The molecule has 0 atom stereocenters. The maximum atomic E-state index is 12.4. The summed E-state index contributed by atoms with van der Waals surface area (Å²) in [5, 5.41) is 6.48. The summed E-state index contributed by atoms with van der Waals surface area (Å²) >= 11 is 0. The van der Waals surface area contributed by atoms with Crippen LogP contribution >= 0.6 is 0 Å². The molecule has 1 amide bonds. The number of hydrogen-bond donors (Lipinski definition) is 1. The molecule has 0 saturated heterocycles. The average molecular weight is 446 g/mol. The van der Waals surface area contributed by atoms with Crippen molar-refractivity contribution >= 4 is 21.6 Å². The number of nitrogens with zero attached hydrogens (tertiary/aromatic N) is 3. The molecule has 1 N–H and O–H groups in total. The fraction of sp³-hybridized carbons (Fsp3) is 0.250. The van der Waals surface area contributed by atoms with E-state index in [1.807, 2.05) is 0 Å². The highest BCUT2D eigenvalue weighted by Crippen LogP contribution is 2.23. The van der Waals surface area contributed by atoms with E-state index in [2.05, 4.69) is 15.5 Å². The number of sulfonamides is 1. The van der Waals surface area contributed by atoms with Gasteiger partial charge in [-0.05, 0) is 36.4 Å². The maximum Gasteiger partial charge on any atom is 0.246 e. The van der Waals surface area contributed by atoms with Gasteiger partial charge >= 0.3 is 0 Å². The number of hydrogen-bond acceptors (Lipinski definition) is 8. The van der Waals surface area contributed by atoms with Crippen molar-refractivity contribution in [1.82, 2.24) is 15.5 Å². The Hall–Kier alpha value is -3.60. The molecule has 2 aromatic carbocycles. The second kappa shape index (κ2) is 9.47. The summed E-state index contributed by atoms with van der Waals surface area (Å²) in [7, 11) is -0.657. The van der Waals surface area contributed by atoms with Gasteiger partial charge in [0.1, 0.15) is 18.0 Å². The normalized spacial score (nSPS) is 11.1. The summed E-state index contributed by atoms with van der Waals surface area (Å²) in [5.74, 6) is 1.19. The van der Waals surface area contributed by atoms with Crippen molar-refractivity contribution < 1.29 is 27.2 Å². The zero-order valence-electron chi connectivity index (χ0n) is 17.2. The van der Waals surface area contributed by atoms with Gasteiger partial charge in [0.25, 0.3) is 0 Å². The molecule has 11 heteroatoms. The zero-order chi connectivity index (χ0) is 22.4. The number of benzene rings is 2. The largest absolute Gasteiger partial charge is 0.497 e. The van der Waals surface area contributed by atoms with Crippen molar-refractivity contribution in [2.24, 2.45) is 0 Å². The Labute approximate surface area is 179 Å². The van der Waals surface area contributed by atoms with Crippen molar-refractivity contribution in [3.05, 3.63) is 54.4 Å². The van der Waals surface area contributed by atoms with Crippen LogP contribution < -0.4 is 19.1 Å². The molecule has 31 heavy (non-hydrogen) atoms. The van der Waals surface area contributed by atoms with E-state index < -0.39 is 22.5 Å². The highest BCUT2D eigenvalue weighted by Gasteiger charge is 2.21. The standard InChI is InChI=1S/C20H22N4O6S/c1-28-16-9-7-14(8-10-16)20-22-19(30-23-20)12-21-18(25)13-24(31(3,26)27)15-5-4-6-17(11-15)29-2/h4-11H,12-13H2,1-3H3,(H,21,25). The molecule has 0 spiro atoms. The molecule has 0 fully saturated rings. The van der Waals surface area contributed by atoms with Gasteiger partial charge in [-0.1, -0.05) is 11.2 Å². The van der Waals surface area contributed by atoms with Crippen LogP contribution in [0.15, 0.2) is 53.1 Å². The topological polar surface area (TPSA) is 124 Å². The molecule has 0 bridgehead atoms. The number of rotatable bonds is 9. The minimum atomic E-state index is -3.70. The van der Waals surface area contributed by atoms with Gasteiger partial charge in [-0.25, -0.2) is 8.42 Å². The number of amides is 1. The molecule has 3 rings (SSSR count). The summed E-state index contributed by atoms with van der Waals surface area (Å²) in [6.07, 6.45) is 1.03. The molecule has 10 nitrogen and oxygen atoms in total. The number of methoxy groups -OCH3 is 2. The number of carbonyl (C=O) groups is 1. The molecule has 164 valence electrons. The lowest BCUT2D eigenvalue weighted by Crippen LogP contribution is -2.40. The fourth-order valence-electron chi connectivity index (χ4n) is 2.71. The molecule has 0 saturated carbocycles. The van der Waals surface area contributed by atoms with Crippen LogP contribution in [0.25, 0.3) is 11.4 Å². The Kier molecular flexibility index (Phi) is 6.75. The Morgan fingerprint density at radius 3 is 2.45 bits per heavy atom. The number of anilines is 1. The minimum Gasteiger partial charge on any atom is -0.497 e. The highest BCUT2D eigenvalue weighted by atomic mass is 32.2. The molecule has 0 radical (unpaired) electrons. The molecular weight excluding hydrogens is 424 g/mol. The number of ether oxygens (including phenoxy) is 2. The predicted octanol–water partition coefficient (Wildman–Crippen LogP) is 1.84. The fourth-order valence-corrected chi connectivity index (χ4v) is 3.56. The van der Waals surface area contributed by atoms with E-state index in [-0.39, 0.29) is 12.4 Å². The molecule has 3 aromatic rings. The molecule has 1 aromatic heterocycles. The summed E-state index contributed by atoms with van der Waals surface area (Å²) < 4.78 is 40.8. The van der Waals surface area contributed by atoms with Gasteiger partial charge in [-0.2, -0.15) is 4.98 Å². The second-order valence-electron chi connectivity index (χ2n) is 6.49. The van der Waals surface area contributed by atoms with Gasteiger partial charge in [-0.3, -0.25) is 9.10 Å². The van der Waals surface area contributed by atoms with Crippen molar-refractivity contribution in [2.45, 2.75) is 6.54 Å². The third-order valence-electron chi connectivity index (χ3n) is 4.28. The van der Waals surface area contributed by atoms with E-state index in [0.29, 0.717) is 23.0 Å². The molecule has 0 aliphatic carbocycles. The van der Waals surface area contributed by atoms with Crippen molar-refractivity contribution in [3.63, 3.8) is 0 Å². The summed E-state index contributed by atoms with van der Waals surface area (Å²) in [5.41, 5.74) is 1.04. The monoisotopic (exact) mass is 446 g/mol. The third kappa shape index (κ3) is 5.72. The van der Waals surface area contributed by atoms with Crippen LogP contribution in [-0.4, -0.2) is 51.5 Å². The highest BCUT2D eigenvalue weighted by molar-refractivity contribution is 7.92. The first-order chi connectivity index (χ1) is 14.8. The van der Waals surface area contributed by atoms with E-state index >= 15 is 0 Å². The van der Waals surface area contributed by atoms with Crippen LogP contribution in [0.5, 0.6) is 11.5 Å². The van der Waals surface area contributed by atoms with E-state index in [4.69, 9.17) is 14.0 Å². The second-order valence-corrected chi connectivity index (χ2v) is 8.39. The van der Waals surface area contributed by atoms with Crippen LogP contribution in [0.2, 0.25) is 0 Å². The number of nitrogens with one attached hydrogen (secondary N) is 1. The Morgan fingerprint density at radius 2 is 1.81 bits per heavy atom. The van der Waals surface area contributed by atoms with E-state index in [1.54, 1.807) is 49.6 Å². The number of aromatic nitrogens is 2. The zero-order valence-corrected chi connectivity index (χ0v) is 18.0. The minimum absolute atomic E-state index is 0.0439. The third-order valence-corrected chi connectivity index (χ3v) is 5.42. The molecular formula is C20H22N4O6S. The average Bonchev–Trinajstić information content (AvgIpc) is 3.24. The van der Waals surface area contributed by atoms with E-state index in [0.717, 1.165) is 16.1 Å². The molecule has 0 aliphatic heterocycles. The predicted molar refractivity (Wildman–Crippen MR) is 113 cm³/mol. The Balaban J connectivity index is 1.64. The van der Waals surface area contributed by atoms with Crippen LogP contribution in [0.3, 0.4) is 0 Å². The molecule has 0 aliphatic rings. The van der Waals surface area contributed by atoms with Crippen LogP contribution in [0, 0.1) is 0 Å². The smallest absolute Gasteiger partial charge is 0.246 e. The van der Waals surface area contributed by atoms with Gasteiger partial charge in [0, 0.05) is 11.6 Å². The van der Waals surface area contributed by atoms with Gasteiger partial charge in [0.05, 0.1) is 32.7 Å². The lowest BCUT2D eigenvalue weighted by Gasteiger charge is -2.22. The van der Waals surface area contributed by atoms with Crippen molar-refractivity contribution in [1.29, 1.82) is 0 Å². The van der Waals surface area contributed by atoms with Crippen LogP contribution in [-0.2, 0) is 21.4 Å². The summed E-state index contributed by atoms with van der Waals surface area (Å²) in [6, 6.07) is 13.5. The van der Waals surface area contributed by atoms with E-state index in [1.165, 1.54) is 13.2 Å². The first-order valence-electron chi connectivity index (χ1n) is 9.15. The van der Waals surface area contributed by atoms with Gasteiger partial charge in [0.15, 0.2) is 0 Å². The van der Waals surface area contributed by atoms with Gasteiger partial charge < -0.3 is 19.3 Å². The van der Waals surface area contributed by atoms with Crippen LogP contribution in [0.4, 0.5) is 5.69 Å². The quantitative estimate of drug-likeness (QED) is 0.528. The first-order valence-corrected chi connectivity index (χ1v) is 11.0. The Morgan fingerprint density at radius 1 is 1.10 bits per heavy atom. The number of carbonyl (C=O) groups excluding carboxylic acids is 1. The van der Waals surface area contributed by atoms with Gasteiger partial charge in [0.2, 0.25) is 27.6 Å². The lowest BCUT2D eigenvalue weighted by molar-refractivity contribution is -0.119. The first kappa shape index (κ1) is 22.1. The SMILES string of the molecule is COc1ccc(-c2noc(CNC(=O)CN(c3cccc(OC)c3)S(C)(=O)=O)n2)cc1. The van der Waals surface area contributed by atoms with Crippen molar-refractivity contribution in [3.8, 4) is 22.9 Å². The molecule has 1 heterocycles. The summed E-state index contributed by atoms with van der Waals surface area (Å²) in [4.78, 5) is 16.6. The Bertz CT molecular complexity index is 1140.